The summed E-state index contributed by atoms with van der Waals surface area (Å²) in [4.78, 5) is 14.7. The van der Waals surface area contributed by atoms with Gasteiger partial charge in [0.15, 0.2) is 0 Å². The van der Waals surface area contributed by atoms with Crippen molar-refractivity contribution in [1.82, 2.24) is 15.5 Å². The molecule has 0 spiro atoms. The first kappa shape index (κ1) is 15.8. The molecule has 0 aromatic carbocycles. The Morgan fingerprint density at radius 3 is 2.40 bits per heavy atom. The number of hydrogen-bond donors (Lipinski definition) is 2. The predicted octanol–water partition coefficient (Wildman–Crippen LogP) is 1.90. The second-order valence-corrected chi connectivity index (χ2v) is 6.74. The molecular weight excluding hydrogens is 250 g/mol. The maximum atomic E-state index is 12.3. The van der Waals surface area contributed by atoms with Crippen LogP contribution in [0.25, 0.3) is 0 Å². The average Bonchev–Trinajstić information content (AvgIpc) is 2.92. The van der Waals surface area contributed by atoms with Crippen molar-refractivity contribution in [2.45, 2.75) is 69.9 Å². The van der Waals surface area contributed by atoms with Crippen molar-refractivity contribution in [3.8, 4) is 0 Å². The highest BCUT2D eigenvalue weighted by molar-refractivity contribution is 5.77. The van der Waals surface area contributed by atoms with Crippen molar-refractivity contribution in [3.05, 3.63) is 0 Å². The second-order valence-electron chi connectivity index (χ2n) is 6.74. The highest BCUT2D eigenvalue weighted by atomic mass is 16.1. The summed E-state index contributed by atoms with van der Waals surface area (Å²) in [5, 5.41) is 6.62. The van der Waals surface area contributed by atoms with E-state index in [1.807, 2.05) is 7.05 Å². The second kappa shape index (κ2) is 7.41. The molecule has 1 unspecified atom stereocenters. The quantitative estimate of drug-likeness (QED) is 0.781. The van der Waals surface area contributed by atoms with Crippen LogP contribution in [0, 0.1) is 0 Å². The van der Waals surface area contributed by atoms with Crippen molar-refractivity contribution in [2.75, 3.05) is 26.7 Å². The monoisotopic (exact) mass is 281 g/mol. The van der Waals surface area contributed by atoms with E-state index in [0.29, 0.717) is 6.42 Å². The summed E-state index contributed by atoms with van der Waals surface area (Å²) in [6, 6.07) is 0.262. The van der Waals surface area contributed by atoms with Gasteiger partial charge in [-0.3, -0.25) is 4.79 Å². The van der Waals surface area contributed by atoms with Crippen molar-refractivity contribution in [1.29, 1.82) is 0 Å². The van der Waals surface area contributed by atoms with Gasteiger partial charge in [0.05, 0.1) is 0 Å². The zero-order valence-electron chi connectivity index (χ0n) is 13.2. The molecule has 4 nitrogen and oxygen atoms in total. The largest absolute Gasteiger partial charge is 0.352 e. The van der Waals surface area contributed by atoms with Crippen LogP contribution in [0.5, 0.6) is 0 Å². The van der Waals surface area contributed by atoms with Gasteiger partial charge in [-0.25, -0.2) is 0 Å². The van der Waals surface area contributed by atoms with Gasteiger partial charge < -0.3 is 15.5 Å². The Kier molecular flexibility index (Phi) is 5.85. The molecule has 2 fully saturated rings. The fourth-order valence-electron chi connectivity index (χ4n) is 3.78. The van der Waals surface area contributed by atoms with Crippen molar-refractivity contribution >= 4 is 5.91 Å². The van der Waals surface area contributed by atoms with Gasteiger partial charge in [0.1, 0.15) is 0 Å². The molecule has 1 saturated heterocycles. The summed E-state index contributed by atoms with van der Waals surface area (Å²) in [7, 11) is 2.01. The first-order chi connectivity index (χ1) is 9.63. The van der Waals surface area contributed by atoms with Gasteiger partial charge in [-0.15, -0.1) is 0 Å². The zero-order chi connectivity index (χ0) is 14.4. The molecule has 20 heavy (non-hydrogen) atoms. The summed E-state index contributed by atoms with van der Waals surface area (Å²) >= 11 is 0. The van der Waals surface area contributed by atoms with Crippen LogP contribution in [0.4, 0.5) is 0 Å². The summed E-state index contributed by atoms with van der Waals surface area (Å²) in [6.07, 6.45) is 9.33. The van der Waals surface area contributed by atoms with Crippen LogP contribution in [-0.2, 0) is 4.79 Å². The molecule has 0 radical (unpaired) electrons. The molecule has 1 atom stereocenters. The van der Waals surface area contributed by atoms with Crippen LogP contribution in [-0.4, -0.2) is 49.1 Å². The third-order valence-electron chi connectivity index (χ3n) is 4.98. The highest BCUT2D eigenvalue weighted by Gasteiger charge is 2.32. The Morgan fingerprint density at radius 1 is 1.15 bits per heavy atom. The van der Waals surface area contributed by atoms with E-state index in [-0.39, 0.29) is 17.5 Å². The van der Waals surface area contributed by atoms with E-state index in [1.165, 1.54) is 45.2 Å². The van der Waals surface area contributed by atoms with Gasteiger partial charge in [-0.1, -0.05) is 19.3 Å². The number of rotatable bonds is 6. The first-order valence-corrected chi connectivity index (χ1v) is 8.34. The number of nitrogens with one attached hydrogen (secondary N) is 2. The topological polar surface area (TPSA) is 44.4 Å². The van der Waals surface area contributed by atoms with Crippen LogP contribution in [0.1, 0.15) is 58.3 Å². The minimum atomic E-state index is 0.0513. The molecule has 2 aliphatic rings. The van der Waals surface area contributed by atoms with Gasteiger partial charge in [0, 0.05) is 24.5 Å². The lowest BCUT2D eigenvalue weighted by molar-refractivity contribution is -0.123. The molecular formula is C16H31N3O. The Labute approximate surface area is 123 Å². The van der Waals surface area contributed by atoms with E-state index in [9.17, 15) is 4.79 Å². The molecule has 116 valence electrons. The van der Waals surface area contributed by atoms with Crippen LogP contribution in [0.15, 0.2) is 0 Å². The van der Waals surface area contributed by atoms with E-state index in [2.05, 4.69) is 22.5 Å². The molecule has 1 saturated carbocycles. The molecule has 1 amide bonds. The maximum Gasteiger partial charge on any atom is 0.222 e. The third kappa shape index (κ3) is 4.45. The molecule has 1 aliphatic heterocycles. The van der Waals surface area contributed by atoms with Crippen LogP contribution in [0.3, 0.4) is 0 Å². The van der Waals surface area contributed by atoms with Crippen molar-refractivity contribution < 1.29 is 4.79 Å². The van der Waals surface area contributed by atoms with Crippen molar-refractivity contribution in [3.63, 3.8) is 0 Å². The smallest absolute Gasteiger partial charge is 0.222 e. The predicted molar refractivity (Wildman–Crippen MR) is 82.8 cm³/mol. The van der Waals surface area contributed by atoms with E-state index < -0.39 is 0 Å². The number of carbonyl (C=O) groups is 1. The van der Waals surface area contributed by atoms with Crippen LogP contribution < -0.4 is 10.6 Å². The number of nitrogens with zero attached hydrogens (tertiary/aromatic N) is 1. The van der Waals surface area contributed by atoms with Crippen LogP contribution >= 0.6 is 0 Å². The summed E-state index contributed by atoms with van der Waals surface area (Å²) in [5.41, 5.74) is 0.0513. The van der Waals surface area contributed by atoms with E-state index in [4.69, 9.17) is 0 Å². The molecule has 2 rings (SSSR count). The van der Waals surface area contributed by atoms with Gasteiger partial charge in [0.25, 0.3) is 0 Å². The summed E-state index contributed by atoms with van der Waals surface area (Å²) in [6.45, 7) is 5.52. The molecule has 0 aromatic heterocycles. The molecule has 1 heterocycles. The number of likely N-dealkylation sites (tertiary alicyclic amines) is 1. The van der Waals surface area contributed by atoms with Crippen LogP contribution in [0.2, 0.25) is 0 Å². The highest BCUT2D eigenvalue weighted by Crippen LogP contribution is 2.30. The molecule has 4 heteroatoms. The Hall–Kier alpha value is -0.610. The van der Waals surface area contributed by atoms with E-state index in [0.717, 1.165) is 19.4 Å². The number of hydrogen-bond acceptors (Lipinski definition) is 3. The van der Waals surface area contributed by atoms with Gasteiger partial charge in [-0.2, -0.15) is 0 Å². The summed E-state index contributed by atoms with van der Waals surface area (Å²) in [5.74, 6) is 0.216. The fourth-order valence-corrected chi connectivity index (χ4v) is 3.78. The Balaban J connectivity index is 1.75. The minimum Gasteiger partial charge on any atom is -0.352 e. The van der Waals surface area contributed by atoms with Gasteiger partial charge in [0.2, 0.25) is 5.91 Å². The third-order valence-corrected chi connectivity index (χ3v) is 4.98. The molecule has 1 aliphatic carbocycles. The normalized spacial score (nSPS) is 24.5. The SMILES string of the molecule is CNC1(CC(=O)NC(C)CN2CCCC2)CCCCC1. The maximum absolute atomic E-state index is 12.3. The Bertz CT molecular complexity index is 307. The lowest BCUT2D eigenvalue weighted by Gasteiger charge is -2.37. The van der Waals surface area contributed by atoms with Crippen molar-refractivity contribution in [2.24, 2.45) is 0 Å². The molecule has 2 N–H and O–H groups in total. The van der Waals surface area contributed by atoms with E-state index in [1.54, 1.807) is 0 Å². The number of carbonyl (C=O) groups excluding carboxylic acids is 1. The molecule has 0 bridgehead atoms. The fraction of sp³-hybridized carbons (Fsp3) is 0.938. The van der Waals surface area contributed by atoms with Gasteiger partial charge >= 0.3 is 0 Å². The Morgan fingerprint density at radius 2 is 1.80 bits per heavy atom. The summed E-state index contributed by atoms with van der Waals surface area (Å²) < 4.78 is 0. The standard InChI is InChI=1S/C16H31N3O/c1-14(13-19-10-6-7-11-19)18-15(20)12-16(17-2)8-4-3-5-9-16/h14,17H,3-13H2,1-2H3,(H,18,20). The number of amides is 1. The minimum absolute atomic E-state index is 0.0513. The lowest BCUT2D eigenvalue weighted by Crippen LogP contribution is -2.50. The zero-order valence-corrected chi connectivity index (χ0v) is 13.2. The average molecular weight is 281 g/mol. The molecule has 0 aromatic rings. The van der Waals surface area contributed by atoms with Gasteiger partial charge in [-0.05, 0) is 52.7 Å². The van der Waals surface area contributed by atoms with E-state index >= 15 is 0 Å². The first-order valence-electron chi connectivity index (χ1n) is 8.34. The lowest BCUT2D eigenvalue weighted by atomic mass is 9.79.